The fraction of sp³-hybridized carbons (Fsp3) is 0.160. The van der Waals surface area contributed by atoms with Crippen molar-refractivity contribution in [3.05, 3.63) is 99.6 Å². The van der Waals surface area contributed by atoms with Crippen LogP contribution in [0, 0.1) is 17.5 Å². The number of hydrogen-bond acceptors (Lipinski definition) is 4. The van der Waals surface area contributed by atoms with Crippen LogP contribution in [0.2, 0.25) is 0 Å². The molecule has 0 fully saturated rings. The molecular formula is C25H18F3N3O2S. The number of amides is 1. The molecule has 3 aromatic carbocycles. The van der Waals surface area contributed by atoms with Gasteiger partial charge in [0.1, 0.15) is 0 Å². The molecule has 5 rings (SSSR count). The predicted molar refractivity (Wildman–Crippen MR) is 124 cm³/mol. The van der Waals surface area contributed by atoms with E-state index in [9.17, 15) is 22.8 Å². The summed E-state index contributed by atoms with van der Waals surface area (Å²) < 4.78 is 42.4. The van der Waals surface area contributed by atoms with Gasteiger partial charge in [-0.3, -0.25) is 14.2 Å². The molecule has 0 spiro atoms. The van der Waals surface area contributed by atoms with Crippen molar-refractivity contribution in [3.8, 4) is 5.69 Å². The molecular weight excluding hydrogens is 463 g/mol. The highest BCUT2D eigenvalue weighted by atomic mass is 32.2. The van der Waals surface area contributed by atoms with Crippen molar-refractivity contribution in [1.82, 2.24) is 14.9 Å². The zero-order chi connectivity index (χ0) is 23.8. The Kier molecular flexibility index (Phi) is 5.87. The van der Waals surface area contributed by atoms with E-state index in [1.807, 2.05) is 24.3 Å². The van der Waals surface area contributed by atoms with Crippen molar-refractivity contribution in [2.75, 3.05) is 5.75 Å². The molecule has 1 aliphatic rings. The third-order valence-electron chi connectivity index (χ3n) is 5.72. The lowest BCUT2D eigenvalue weighted by molar-refractivity contribution is -0.119. The standard InChI is InChI=1S/C25H18F3N3O2S/c26-19-11-17(12-20(27)23(19)28)31-24(33)18-7-3-4-8-21(18)30-25(31)34-13-22(32)29-16-9-14-5-1-2-6-15(14)10-16/h1-8,11-12,16H,9-10,13H2,(H,29,32). The Morgan fingerprint density at radius 3 is 2.29 bits per heavy atom. The number of para-hydroxylation sites is 1. The summed E-state index contributed by atoms with van der Waals surface area (Å²) in [5.74, 6) is -4.80. The van der Waals surface area contributed by atoms with Gasteiger partial charge in [-0.1, -0.05) is 48.2 Å². The van der Waals surface area contributed by atoms with Crippen LogP contribution in [0.25, 0.3) is 16.6 Å². The summed E-state index contributed by atoms with van der Waals surface area (Å²) in [6, 6.07) is 15.9. The Bertz CT molecular complexity index is 1440. The molecule has 4 aromatic rings. The molecule has 0 unspecified atom stereocenters. The lowest BCUT2D eigenvalue weighted by Gasteiger charge is -2.15. The highest BCUT2D eigenvalue weighted by molar-refractivity contribution is 7.99. The SMILES string of the molecule is O=C(CSc1nc2ccccc2c(=O)n1-c1cc(F)c(F)c(F)c1)NC1Cc2ccccc2C1. The Morgan fingerprint density at radius 2 is 1.62 bits per heavy atom. The van der Waals surface area contributed by atoms with Crippen LogP contribution < -0.4 is 10.9 Å². The number of hydrogen-bond donors (Lipinski definition) is 1. The van der Waals surface area contributed by atoms with Crippen LogP contribution in [-0.4, -0.2) is 27.3 Å². The number of nitrogens with zero attached hydrogens (tertiary/aromatic N) is 2. The second-order valence-corrected chi connectivity index (χ2v) is 8.95. The number of rotatable bonds is 5. The van der Waals surface area contributed by atoms with Gasteiger partial charge in [0, 0.05) is 18.2 Å². The third-order valence-corrected chi connectivity index (χ3v) is 6.66. The number of nitrogens with one attached hydrogen (secondary N) is 1. The summed E-state index contributed by atoms with van der Waals surface area (Å²) in [4.78, 5) is 30.3. The Hall–Kier alpha value is -3.59. The van der Waals surface area contributed by atoms with Gasteiger partial charge < -0.3 is 5.32 Å². The van der Waals surface area contributed by atoms with E-state index in [2.05, 4.69) is 10.3 Å². The second kappa shape index (κ2) is 8.98. The monoisotopic (exact) mass is 481 g/mol. The minimum atomic E-state index is -1.63. The molecule has 1 amide bonds. The Balaban J connectivity index is 1.43. The fourth-order valence-corrected chi connectivity index (χ4v) is 4.99. The average molecular weight is 481 g/mol. The molecule has 1 aliphatic carbocycles. The zero-order valence-electron chi connectivity index (χ0n) is 17.7. The van der Waals surface area contributed by atoms with Gasteiger partial charge in [0.15, 0.2) is 22.6 Å². The van der Waals surface area contributed by atoms with Crippen molar-refractivity contribution < 1.29 is 18.0 Å². The molecule has 0 saturated heterocycles. The van der Waals surface area contributed by atoms with Crippen molar-refractivity contribution >= 4 is 28.6 Å². The predicted octanol–water partition coefficient (Wildman–Crippen LogP) is 4.18. The summed E-state index contributed by atoms with van der Waals surface area (Å²) in [6.07, 6.45) is 1.47. The van der Waals surface area contributed by atoms with Crippen LogP contribution in [0.4, 0.5) is 13.2 Å². The molecule has 0 radical (unpaired) electrons. The fourth-order valence-electron chi connectivity index (χ4n) is 4.17. The number of fused-ring (bicyclic) bond motifs is 2. The van der Waals surface area contributed by atoms with Crippen LogP contribution >= 0.6 is 11.8 Å². The molecule has 5 nitrogen and oxygen atoms in total. The number of thioether (sulfide) groups is 1. The first-order chi connectivity index (χ1) is 16.4. The van der Waals surface area contributed by atoms with Crippen molar-refractivity contribution in [3.63, 3.8) is 0 Å². The van der Waals surface area contributed by atoms with Crippen LogP contribution in [0.5, 0.6) is 0 Å². The minimum Gasteiger partial charge on any atom is -0.352 e. The molecule has 1 heterocycles. The maximum absolute atomic E-state index is 13.9. The Morgan fingerprint density at radius 1 is 1.00 bits per heavy atom. The molecule has 0 aliphatic heterocycles. The van der Waals surface area contributed by atoms with E-state index in [1.165, 1.54) is 17.2 Å². The first-order valence-electron chi connectivity index (χ1n) is 10.6. The molecule has 1 aromatic heterocycles. The zero-order valence-corrected chi connectivity index (χ0v) is 18.5. The molecule has 0 saturated carbocycles. The van der Waals surface area contributed by atoms with Gasteiger partial charge in [-0.25, -0.2) is 18.2 Å². The first kappa shape index (κ1) is 22.2. The minimum absolute atomic E-state index is 0.0301. The molecule has 9 heteroatoms. The van der Waals surface area contributed by atoms with Gasteiger partial charge in [-0.2, -0.15) is 0 Å². The van der Waals surface area contributed by atoms with Gasteiger partial charge in [0.05, 0.1) is 22.3 Å². The van der Waals surface area contributed by atoms with Crippen LogP contribution in [-0.2, 0) is 17.6 Å². The summed E-state index contributed by atoms with van der Waals surface area (Å²) >= 11 is 0.963. The van der Waals surface area contributed by atoms with E-state index in [4.69, 9.17) is 0 Å². The van der Waals surface area contributed by atoms with Crippen LogP contribution in [0.15, 0.2) is 70.6 Å². The van der Waals surface area contributed by atoms with Crippen molar-refractivity contribution in [1.29, 1.82) is 0 Å². The molecule has 0 atom stereocenters. The maximum atomic E-state index is 13.9. The largest absolute Gasteiger partial charge is 0.352 e. The molecule has 0 bridgehead atoms. The van der Waals surface area contributed by atoms with Crippen molar-refractivity contribution in [2.45, 2.75) is 24.0 Å². The van der Waals surface area contributed by atoms with Crippen LogP contribution in [0.1, 0.15) is 11.1 Å². The van der Waals surface area contributed by atoms with Crippen LogP contribution in [0.3, 0.4) is 0 Å². The third kappa shape index (κ3) is 4.19. The van der Waals surface area contributed by atoms with E-state index in [0.717, 1.165) is 41.3 Å². The van der Waals surface area contributed by atoms with Gasteiger partial charge in [0.25, 0.3) is 5.56 Å². The molecule has 172 valence electrons. The van der Waals surface area contributed by atoms with Gasteiger partial charge in [-0.05, 0) is 36.1 Å². The van der Waals surface area contributed by atoms with Gasteiger partial charge >= 0.3 is 0 Å². The summed E-state index contributed by atoms with van der Waals surface area (Å²) in [7, 11) is 0. The Labute approximate surface area is 196 Å². The van der Waals surface area contributed by atoms with E-state index in [1.54, 1.807) is 18.2 Å². The highest BCUT2D eigenvalue weighted by Gasteiger charge is 2.23. The lowest BCUT2D eigenvalue weighted by Crippen LogP contribution is -2.36. The van der Waals surface area contributed by atoms with E-state index in [0.29, 0.717) is 5.52 Å². The maximum Gasteiger partial charge on any atom is 0.266 e. The van der Waals surface area contributed by atoms with Gasteiger partial charge in [-0.15, -0.1) is 0 Å². The average Bonchev–Trinajstić information content (AvgIpc) is 3.23. The molecule has 1 N–H and O–H groups in total. The first-order valence-corrected chi connectivity index (χ1v) is 11.5. The lowest BCUT2D eigenvalue weighted by atomic mass is 10.1. The number of carbonyl (C=O) groups is 1. The van der Waals surface area contributed by atoms with E-state index >= 15 is 0 Å². The van der Waals surface area contributed by atoms with Crippen molar-refractivity contribution in [2.24, 2.45) is 0 Å². The molecule has 34 heavy (non-hydrogen) atoms. The van der Waals surface area contributed by atoms with Gasteiger partial charge in [0.2, 0.25) is 5.91 Å². The smallest absolute Gasteiger partial charge is 0.266 e. The quantitative estimate of drug-likeness (QED) is 0.264. The highest BCUT2D eigenvalue weighted by Crippen LogP contribution is 2.25. The number of halogens is 3. The number of aromatic nitrogens is 2. The number of carbonyl (C=O) groups excluding carboxylic acids is 1. The van der Waals surface area contributed by atoms with E-state index < -0.39 is 23.0 Å². The number of benzene rings is 3. The summed E-state index contributed by atoms with van der Waals surface area (Å²) in [5.41, 5.74) is 1.98. The summed E-state index contributed by atoms with van der Waals surface area (Å²) in [5, 5.41) is 3.28. The summed E-state index contributed by atoms with van der Waals surface area (Å²) in [6.45, 7) is 0. The van der Waals surface area contributed by atoms with E-state index in [-0.39, 0.29) is 33.9 Å². The normalized spacial score (nSPS) is 13.3. The topological polar surface area (TPSA) is 64.0 Å². The second-order valence-electron chi connectivity index (χ2n) is 8.01.